The Morgan fingerprint density at radius 1 is 1.30 bits per heavy atom. The second-order valence-electron chi connectivity index (χ2n) is 6.06. The Kier molecular flexibility index (Phi) is 4.29. The Balaban J connectivity index is 1.66. The van der Waals surface area contributed by atoms with E-state index in [4.69, 9.17) is 11.6 Å². The van der Waals surface area contributed by atoms with Gasteiger partial charge in [0.2, 0.25) is 0 Å². The average molecular weight is 297 g/mol. The van der Waals surface area contributed by atoms with Gasteiger partial charge in [-0.2, -0.15) is 0 Å². The molecule has 2 aliphatic heterocycles. The van der Waals surface area contributed by atoms with E-state index in [1.54, 1.807) is 12.1 Å². The summed E-state index contributed by atoms with van der Waals surface area (Å²) in [5, 5.41) is 3.88. The predicted octanol–water partition coefficient (Wildman–Crippen LogP) is 3.76. The first-order chi connectivity index (χ1) is 9.65. The molecule has 110 valence electrons. The fourth-order valence-corrected chi connectivity index (χ4v) is 3.76. The van der Waals surface area contributed by atoms with Crippen molar-refractivity contribution in [2.24, 2.45) is 0 Å². The number of rotatable bonds is 3. The van der Waals surface area contributed by atoms with Gasteiger partial charge in [-0.15, -0.1) is 0 Å². The molecule has 0 spiro atoms. The van der Waals surface area contributed by atoms with Gasteiger partial charge in [-0.1, -0.05) is 24.1 Å². The van der Waals surface area contributed by atoms with Gasteiger partial charge in [0.1, 0.15) is 5.82 Å². The van der Waals surface area contributed by atoms with Gasteiger partial charge >= 0.3 is 0 Å². The Morgan fingerprint density at radius 2 is 2.15 bits per heavy atom. The van der Waals surface area contributed by atoms with Gasteiger partial charge in [-0.3, -0.25) is 4.90 Å². The van der Waals surface area contributed by atoms with Gasteiger partial charge in [-0.05, 0) is 50.4 Å². The third-order valence-electron chi connectivity index (χ3n) is 4.76. The lowest BCUT2D eigenvalue weighted by atomic mass is 9.97. The minimum absolute atomic E-state index is 0.161. The van der Waals surface area contributed by atoms with Crippen molar-refractivity contribution in [3.63, 3.8) is 0 Å². The van der Waals surface area contributed by atoms with Gasteiger partial charge in [0.15, 0.2) is 0 Å². The minimum atomic E-state index is -0.330. The van der Waals surface area contributed by atoms with Crippen molar-refractivity contribution in [2.45, 2.75) is 50.7 Å². The standard InChI is InChI=1S/C16H22ClFN2/c1-11(12-5-6-13(17)14(18)10-12)19-15-7-9-20-8-3-2-4-16(15)20/h5-6,10-11,15-16,19H,2-4,7-9H2,1H3. The Hall–Kier alpha value is -0.640. The van der Waals surface area contributed by atoms with Crippen LogP contribution in [0.15, 0.2) is 18.2 Å². The molecule has 2 fully saturated rings. The molecule has 1 aromatic carbocycles. The number of fused-ring (bicyclic) bond motifs is 1. The zero-order valence-corrected chi connectivity index (χ0v) is 12.7. The SMILES string of the molecule is CC(NC1CCN2CCCCC12)c1ccc(Cl)c(F)c1. The van der Waals surface area contributed by atoms with Gasteiger partial charge in [0, 0.05) is 24.7 Å². The molecule has 1 aromatic rings. The molecular weight excluding hydrogens is 275 g/mol. The van der Waals surface area contributed by atoms with Crippen LogP contribution in [0.5, 0.6) is 0 Å². The minimum Gasteiger partial charge on any atom is -0.306 e. The average Bonchev–Trinajstić information content (AvgIpc) is 2.85. The summed E-state index contributed by atoms with van der Waals surface area (Å²) in [4.78, 5) is 2.61. The lowest BCUT2D eigenvalue weighted by Gasteiger charge is -2.34. The third kappa shape index (κ3) is 2.85. The number of hydrogen-bond acceptors (Lipinski definition) is 2. The first kappa shape index (κ1) is 14.3. The molecule has 0 aromatic heterocycles. The van der Waals surface area contributed by atoms with Crippen molar-refractivity contribution in [2.75, 3.05) is 13.1 Å². The predicted molar refractivity (Wildman–Crippen MR) is 80.6 cm³/mol. The fourth-order valence-electron chi connectivity index (χ4n) is 3.64. The van der Waals surface area contributed by atoms with Crippen LogP contribution in [0.25, 0.3) is 0 Å². The van der Waals surface area contributed by atoms with Gasteiger partial charge in [-0.25, -0.2) is 4.39 Å². The van der Waals surface area contributed by atoms with Gasteiger partial charge in [0.05, 0.1) is 5.02 Å². The van der Waals surface area contributed by atoms with E-state index in [0.29, 0.717) is 12.1 Å². The van der Waals surface area contributed by atoms with Crippen LogP contribution < -0.4 is 5.32 Å². The summed E-state index contributed by atoms with van der Waals surface area (Å²) in [6.07, 6.45) is 5.16. The van der Waals surface area contributed by atoms with Crippen molar-refractivity contribution in [1.29, 1.82) is 0 Å². The van der Waals surface area contributed by atoms with E-state index >= 15 is 0 Å². The molecule has 2 heterocycles. The maximum atomic E-state index is 13.6. The molecule has 4 heteroatoms. The number of hydrogen-bond donors (Lipinski definition) is 1. The molecule has 0 amide bonds. The van der Waals surface area contributed by atoms with Crippen molar-refractivity contribution in [3.05, 3.63) is 34.6 Å². The molecule has 3 atom stereocenters. The molecule has 2 aliphatic rings. The van der Waals surface area contributed by atoms with Crippen molar-refractivity contribution in [1.82, 2.24) is 10.2 Å². The van der Waals surface area contributed by atoms with E-state index in [9.17, 15) is 4.39 Å². The van der Waals surface area contributed by atoms with E-state index in [1.165, 1.54) is 38.8 Å². The van der Waals surface area contributed by atoms with Crippen LogP contribution in [-0.2, 0) is 0 Å². The molecule has 0 aliphatic carbocycles. The second kappa shape index (κ2) is 6.00. The highest BCUT2D eigenvalue weighted by molar-refractivity contribution is 6.30. The van der Waals surface area contributed by atoms with Crippen LogP contribution in [-0.4, -0.2) is 30.1 Å². The Morgan fingerprint density at radius 3 is 2.95 bits per heavy atom. The Labute approximate surface area is 125 Å². The van der Waals surface area contributed by atoms with Crippen LogP contribution in [0, 0.1) is 5.82 Å². The summed E-state index contributed by atoms with van der Waals surface area (Å²) < 4.78 is 13.6. The number of piperidine rings is 1. The first-order valence-electron chi connectivity index (χ1n) is 7.60. The molecule has 2 saturated heterocycles. The third-order valence-corrected chi connectivity index (χ3v) is 5.07. The van der Waals surface area contributed by atoms with E-state index in [2.05, 4.69) is 17.1 Å². The largest absolute Gasteiger partial charge is 0.306 e. The lowest BCUT2D eigenvalue weighted by Crippen LogP contribution is -2.45. The van der Waals surface area contributed by atoms with E-state index in [-0.39, 0.29) is 16.9 Å². The van der Waals surface area contributed by atoms with Crippen LogP contribution in [0.1, 0.15) is 44.2 Å². The highest BCUT2D eigenvalue weighted by Gasteiger charge is 2.35. The molecule has 0 bridgehead atoms. The molecular formula is C16H22ClFN2. The Bertz CT molecular complexity index is 480. The summed E-state index contributed by atoms with van der Waals surface area (Å²) in [6, 6.07) is 6.47. The zero-order chi connectivity index (χ0) is 14.1. The highest BCUT2D eigenvalue weighted by Crippen LogP contribution is 2.29. The van der Waals surface area contributed by atoms with Crippen molar-refractivity contribution < 1.29 is 4.39 Å². The molecule has 20 heavy (non-hydrogen) atoms. The summed E-state index contributed by atoms with van der Waals surface area (Å²) in [7, 11) is 0. The van der Waals surface area contributed by atoms with Crippen LogP contribution in [0.2, 0.25) is 5.02 Å². The monoisotopic (exact) mass is 296 g/mol. The molecule has 2 nitrogen and oxygen atoms in total. The summed E-state index contributed by atoms with van der Waals surface area (Å²) in [6.45, 7) is 4.55. The van der Waals surface area contributed by atoms with Crippen LogP contribution in [0.3, 0.4) is 0 Å². The molecule has 3 rings (SSSR count). The van der Waals surface area contributed by atoms with Crippen molar-refractivity contribution in [3.8, 4) is 0 Å². The second-order valence-corrected chi connectivity index (χ2v) is 6.46. The first-order valence-corrected chi connectivity index (χ1v) is 7.98. The summed E-state index contributed by atoms with van der Waals surface area (Å²) in [5.41, 5.74) is 0.973. The summed E-state index contributed by atoms with van der Waals surface area (Å²) >= 11 is 5.74. The fraction of sp³-hybridized carbons (Fsp3) is 0.625. The lowest BCUT2D eigenvalue weighted by molar-refractivity contribution is 0.177. The highest BCUT2D eigenvalue weighted by atomic mass is 35.5. The van der Waals surface area contributed by atoms with Crippen LogP contribution in [0.4, 0.5) is 4.39 Å². The quantitative estimate of drug-likeness (QED) is 0.914. The van der Waals surface area contributed by atoms with Crippen LogP contribution >= 0.6 is 11.6 Å². The number of halogens is 2. The number of nitrogens with one attached hydrogen (secondary N) is 1. The zero-order valence-electron chi connectivity index (χ0n) is 11.9. The van der Waals surface area contributed by atoms with Crippen molar-refractivity contribution >= 4 is 11.6 Å². The summed E-state index contributed by atoms with van der Waals surface area (Å²) in [5.74, 6) is -0.330. The normalized spacial score (nSPS) is 28.4. The number of benzene rings is 1. The molecule has 0 radical (unpaired) electrons. The van der Waals surface area contributed by atoms with E-state index < -0.39 is 0 Å². The smallest absolute Gasteiger partial charge is 0.142 e. The number of nitrogens with zero attached hydrogens (tertiary/aromatic N) is 1. The molecule has 0 saturated carbocycles. The van der Waals surface area contributed by atoms with E-state index in [1.807, 2.05) is 6.07 Å². The maximum absolute atomic E-state index is 13.6. The van der Waals surface area contributed by atoms with Gasteiger partial charge in [0.25, 0.3) is 0 Å². The maximum Gasteiger partial charge on any atom is 0.142 e. The van der Waals surface area contributed by atoms with E-state index in [0.717, 1.165) is 5.56 Å². The topological polar surface area (TPSA) is 15.3 Å². The van der Waals surface area contributed by atoms with Gasteiger partial charge < -0.3 is 5.32 Å². The molecule has 3 unspecified atom stereocenters. The molecule has 1 N–H and O–H groups in total.